The number of furan rings is 1. The van der Waals surface area contributed by atoms with Crippen molar-refractivity contribution in [1.29, 1.82) is 0 Å². The van der Waals surface area contributed by atoms with Gasteiger partial charge in [0.15, 0.2) is 11.9 Å². The van der Waals surface area contributed by atoms with Crippen LogP contribution >= 0.6 is 0 Å². The molecule has 1 unspecified atom stereocenters. The van der Waals surface area contributed by atoms with Gasteiger partial charge < -0.3 is 14.5 Å². The Hall–Kier alpha value is -4.13. The Balaban J connectivity index is 1.69. The van der Waals surface area contributed by atoms with Gasteiger partial charge in [0.25, 0.3) is 5.91 Å². The summed E-state index contributed by atoms with van der Waals surface area (Å²) in [5.74, 6) is -0.414. The van der Waals surface area contributed by atoms with E-state index in [1.165, 1.54) is 20.0 Å². The van der Waals surface area contributed by atoms with Crippen LogP contribution < -0.4 is 5.32 Å². The molecular formula is C24H21N3O4. The van der Waals surface area contributed by atoms with E-state index in [2.05, 4.69) is 10.4 Å². The first-order valence-corrected chi connectivity index (χ1v) is 9.79. The molecule has 4 rings (SSSR count). The zero-order valence-corrected chi connectivity index (χ0v) is 17.1. The molecule has 0 fully saturated rings. The molecule has 0 aliphatic carbocycles. The van der Waals surface area contributed by atoms with Crippen LogP contribution in [0.15, 0.2) is 77.4 Å². The SMILES string of the molecule is CNC(=O)C(C)OC(=O)/C=C/c1cn(-c2ccccc2)nc1-c1cc2ccccc2o1. The zero-order valence-electron chi connectivity index (χ0n) is 17.1. The molecule has 1 atom stereocenters. The third kappa shape index (κ3) is 4.40. The fourth-order valence-corrected chi connectivity index (χ4v) is 3.14. The quantitative estimate of drug-likeness (QED) is 0.380. The van der Waals surface area contributed by atoms with E-state index in [0.29, 0.717) is 17.0 Å². The van der Waals surface area contributed by atoms with Gasteiger partial charge in [0.05, 0.1) is 5.69 Å². The van der Waals surface area contributed by atoms with Gasteiger partial charge in [0, 0.05) is 30.3 Å². The highest BCUT2D eigenvalue weighted by Gasteiger charge is 2.17. The van der Waals surface area contributed by atoms with E-state index in [1.54, 1.807) is 10.8 Å². The highest BCUT2D eigenvalue weighted by Crippen LogP contribution is 2.30. The summed E-state index contributed by atoms with van der Waals surface area (Å²) >= 11 is 0. The lowest BCUT2D eigenvalue weighted by atomic mass is 10.2. The molecule has 2 heterocycles. The summed E-state index contributed by atoms with van der Waals surface area (Å²) < 4.78 is 12.8. The van der Waals surface area contributed by atoms with Crippen molar-refractivity contribution in [1.82, 2.24) is 15.1 Å². The van der Waals surface area contributed by atoms with Gasteiger partial charge in [-0.1, -0.05) is 36.4 Å². The van der Waals surface area contributed by atoms with Crippen LogP contribution in [0.3, 0.4) is 0 Å². The van der Waals surface area contributed by atoms with Crippen LogP contribution in [0, 0.1) is 0 Å². The fourth-order valence-electron chi connectivity index (χ4n) is 3.14. The molecule has 0 spiro atoms. The van der Waals surface area contributed by atoms with Gasteiger partial charge >= 0.3 is 5.97 Å². The van der Waals surface area contributed by atoms with E-state index >= 15 is 0 Å². The van der Waals surface area contributed by atoms with Gasteiger partial charge in [-0.25, -0.2) is 9.48 Å². The van der Waals surface area contributed by atoms with E-state index in [0.717, 1.165) is 16.7 Å². The van der Waals surface area contributed by atoms with E-state index in [1.807, 2.05) is 66.9 Å². The van der Waals surface area contributed by atoms with Crippen LogP contribution in [0.1, 0.15) is 12.5 Å². The maximum Gasteiger partial charge on any atom is 0.331 e. The zero-order chi connectivity index (χ0) is 21.8. The smallest absolute Gasteiger partial charge is 0.331 e. The van der Waals surface area contributed by atoms with Gasteiger partial charge in [-0.15, -0.1) is 0 Å². The van der Waals surface area contributed by atoms with Crippen molar-refractivity contribution in [2.24, 2.45) is 0 Å². The first kappa shape index (κ1) is 20.2. The summed E-state index contributed by atoms with van der Waals surface area (Å²) in [6.45, 7) is 1.51. The molecule has 156 valence electrons. The number of aromatic nitrogens is 2. The lowest BCUT2D eigenvalue weighted by molar-refractivity contribution is -0.149. The van der Waals surface area contributed by atoms with E-state index in [9.17, 15) is 9.59 Å². The summed E-state index contributed by atoms with van der Waals surface area (Å²) in [6.07, 6.45) is 3.80. The number of nitrogens with one attached hydrogen (secondary N) is 1. The Bertz CT molecular complexity index is 1220. The lowest BCUT2D eigenvalue weighted by Crippen LogP contribution is -2.32. The predicted molar refractivity (Wildman–Crippen MR) is 117 cm³/mol. The fraction of sp³-hybridized carbons (Fsp3) is 0.125. The molecule has 0 saturated heterocycles. The number of carbonyl (C=O) groups is 2. The number of carbonyl (C=O) groups excluding carboxylic acids is 2. The summed E-state index contributed by atoms with van der Waals surface area (Å²) in [4.78, 5) is 23.7. The Morgan fingerprint density at radius 3 is 2.61 bits per heavy atom. The van der Waals surface area contributed by atoms with E-state index < -0.39 is 12.1 Å². The van der Waals surface area contributed by atoms with Crippen molar-refractivity contribution >= 4 is 28.9 Å². The Kier molecular flexibility index (Phi) is 5.66. The summed E-state index contributed by atoms with van der Waals surface area (Å²) in [7, 11) is 1.49. The number of hydrogen-bond acceptors (Lipinski definition) is 5. The monoisotopic (exact) mass is 415 g/mol. The van der Waals surface area contributed by atoms with Crippen molar-refractivity contribution in [2.75, 3.05) is 7.05 Å². The molecule has 0 saturated carbocycles. The van der Waals surface area contributed by atoms with Crippen LogP contribution in [-0.2, 0) is 14.3 Å². The minimum Gasteiger partial charge on any atom is -0.454 e. The second kappa shape index (κ2) is 8.71. The average Bonchev–Trinajstić information content (AvgIpc) is 3.41. The molecular weight excluding hydrogens is 394 g/mol. The highest BCUT2D eigenvalue weighted by atomic mass is 16.5. The highest BCUT2D eigenvalue weighted by molar-refractivity contribution is 5.91. The number of ether oxygens (including phenoxy) is 1. The van der Waals surface area contributed by atoms with Gasteiger partial charge in [0.2, 0.25) is 0 Å². The second-order valence-corrected chi connectivity index (χ2v) is 6.89. The second-order valence-electron chi connectivity index (χ2n) is 6.89. The van der Waals surface area contributed by atoms with Crippen LogP contribution in [0.2, 0.25) is 0 Å². The average molecular weight is 415 g/mol. The number of para-hydroxylation sites is 2. The standard InChI is InChI=1S/C24H21N3O4/c1-16(24(29)25-2)30-22(28)13-12-18-15-27(19-9-4-3-5-10-19)26-23(18)21-14-17-8-6-7-11-20(17)31-21/h3-16H,1-2H3,(H,25,29)/b13-12+. The molecule has 4 aromatic rings. The Labute approximate surface area is 178 Å². The number of likely N-dealkylation sites (N-methyl/N-ethyl adjacent to an activating group) is 1. The summed E-state index contributed by atoms with van der Waals surface area (Å²) in [5.41, 5.74) is 2.88. The number of fused-ring (bicyclic) bond motifs is 1. The molecule has 0 aliphatic rings. The number of benzene rings is 2. The normalized spacial score (nSPS) is 12.2. The number of nitrogens with zero attached hydrogens (tertiary/aromatic N) is 2. The molecule has 1 N–H and O–H groups in total. The number of hydrogen-bond donors (Lipinski definition) is 1. The van der Waals surface area contributed by atoms with Crippen LogP contribution in [0.4, 0.5) is 0 Å². The first-order chi connectivity index (χ1) is 15.0. The van der Waals surface area contributed by atoms with Crippen LogP contribution in [0.5, 0.6) is 0 Å². The Morgan fingerprint density at radius 2 is 1.87 bits per heavy atom. The molecule has 7 nitrogen and oxygen atoms in total. The first-order valence-electron chi connectivity index (χ1n) is 9.79. The molecule has 0 radical (unpaired) electrons. The molecule has 0 bridgehead atoms. The number of amides is 1. The van der Waals surface area contributed by atoms with Crippen LogP contribution in [-0.4, -0.2) is 34.8 Å². The Morgan fingerprint density at radius 1 is 1.13 bits per heavy atom. The molecule has 31 heavy (non-hydrogen) atoms. The van der Waals surface area contributed by atoms with Gasteiger partial charge in [0.1, 0.15) is 11.3 Å². The van der Waals surface area contributed by atoms with Gasteiger partial charge in [-0.05, 0) is 37.3 Å². The molecule has 0 aliphatic heterocycles. The summed E-state index contributed by atoms with van der Waals surface area (Å²) in [5, 5.41) is 8.08. The topological polar surface area (TPSA) is 86.4 Å². The largest absolute Gasteiger partial charge is 0.454 e. The van der Waals surface area contributed by atoms with Crippen molar-refractivity contribution in [3.05, 3.63) is 78.5 Å². The molecule has 1 amide bonds. The minimum atomic E-state index is -0.885. The molecule has 2 aromatic heterocycles. The maximum atomic E-state index is 12.2. The van der Waals surface area contributed by atoms with Crippen molar-refractivity contribution in [3.8, 4) is 17.1 Å². The van der Waals surface area contributed by atoms with Crippen molar-refractivity contribution < 1.29 is 18.7 Å². The molecule has 2 aromatic carbocycles. The van der Waals surface area contributed by atoms with E-state index in [4.69, 9.17) is 9.15 Å². The number of esters is 1. The van der Waals surface area contributed by atoms with E-state index in [-0.39, 0.29) is 5.91 Å². The lowest BCUT2D eigenvalue weighted by Gasteiger charge is -2.09. The van der Waals surface area contributed by atoms with Gasteiger partial charge in [-0.2, -0.15) is 5.10 Å². The predicted octanol–water partition coefficient (Wildman–Crippen LogP) is 3.98. The molecule has 7 heteroatoms. The number of rotatable bonds is 6. The van der Waals surface area contributed by atoms with Crippen molar-refractivity contribution in [2.45, 2.75) is 13.0 Å². The summed E-state index contributed by atoms with van der Waals surface area (Å²) in [6, 6.07) is 19.2. The van der Waals surface area contributed by atoms with Crippen LogP contribution in [0.25, 0.3) is 34.2 Å². The third-order valence-corrected chi connectivity index (χ3v) is 4.73. The van der Waals surface area contributed by atoms with Crippen molar-refractivity contribution in [3.63, 3.8) is 0 Å². The van der Waals surface area contributed by atoms with Gasteiger partial charge in [-0.3, -0.25) is 4.79 Å². The third-order valence-electron chi connectivity index (χ3n) is 4.73. The maximum absolute atomic E-state index is 12.2. The minimum absolute atomic E-state index is 0.374.